The molecule has 0 aliphatic rings. The van der Waals surface area contributed by atoms with Gasteiger partial charge in [0.05, 0.1) is 13.2 Å². The SMILES string of the molecule is C=CCCOCCNc1c(N)n(CC)c(=O)[nH]c1=O. The van der Waals surface area contributed by atoms with E-state index in [1.807, 2.05) is 0 Å². The number of rotatable bonds is 8. The van der Waals surface area contributed by atoms with E-state index >= 15 is 0 Å². The van der Waals surface area contributed by atoms with Gasteiger partial charge in [-0.15, -0.1) is 6.58 Å². The molecular formula is C12H20N4O3. The smallest absolute Gasteiger partial charge is 0.330 e. The minimum absolute atomic E-state index is 0.141. The van der Waals surface area contributed by atoms with Gasteiger partial charge in [-0.2, -0.15) is 0 Å². The van der Waals surface area contributed by atoms with Crippen LogP contribution >= 0.6 is 0 Å². The summed E-state index contributed by atoms with van der Waals surface area (Å²) < 4.78 is 6.59. The van der Waals surface area contributed by atoms with Crippen LogP contribution in [0.4, 0.5) is 11.5 Å². The molecule has 106 valence electrons. The Morgan fingerprint density at radius 3 is 2.84 bits per heavy atom. The number of aromatic amines is 1. The topological polar surface area (TPSA) is 102 Å². The molecule has 1 aromatic heterocycles. The van der Waals surface area contributed by atoms with Crippen LogP contribution in [0.5, 0.6) is 0 Å². The quantitative estimate of drug-likeness (QED) is 0.460. The predicted molar refractivity (Wildman–Crippen MR) is 75.5 cm³/mol. The first-order valence-electron chi connectivity index (χ1n) is 6.16. The maximum absolute atomic E-state index is 11.6. The zero-order valence-electron chi connectivity index (χ0n) is 11.1. The van der Waals surface area contributed by atoms with Gasteiger partial charge in [-0.25, -0.2) is 4.79 Å². The highest BCUT2D eigenvalue weighted by atomic mass is 16.5. The van der Waals surface area contributed by atoms with E-state index in [9.17, 15) is 9.59 Å². The first-order chi connectivity index (χ1) is 9.11. The van der Waals surface area contributed by atoms with E-state index in [-0.39, 0.29) is 11.5 Å². The van der Waals surface area contributed by atoms with Crippen LogP contribution in [-0.2, 0) is 11.3 Å². The second-order valence-electron chi connectivity index (χ2n) is 3.88. The number of hydrogen-bond acceptors (Lipinski definition) is 5. The minimum Gasteiger partial charge on any atom is -0.383 e. The van der Waals surface area contributed by atoms with Gasteiger partial charge in [0.25, 0.3) is 5.56 Å². The number of nitrogens with two attached hydrogens (primary N) is 1. The zero-order valence-corrected chi connectivity index (χ0v) is 11.1. The third-order valence-corrected chi connectivity index (χ3v) is 2.57. The second-order valence-corrected chi connectivity index (χ2v) is 3.88. The lowest BCUT2D eigenvalue weighted by atomic mass is 10.4. The Kier molecular flexibility index (Phi) is 5.87. The standard InChI is InChI=1S/C12H20N4O3/c1-3-5-7-19-8-6-14-9-10(13)16(4-2)12(18)15-11(9)17/h3,14H,1,4-8,13H2,2H3,(H,15,17,18). The number of ether oxygens (including phenoxy) is 1. The highest BCUT2D eigenvalue weighted by molar-refractivity contribution is 5.60. The van der Waals surface area contributed by atoms with Crippen LogP contribution < -0.4 is 22.3 Å². The Morgan fingerprint density at radius 2 is 2.21 bits per heavy atom. The number of H-pyrrole nitrogens is 1. The molecule has 1 rings (SSSR count). The predicted octanol–water partition coefficient (Wildman–Crippen LogP) is 0.143. The van der Waals surface area contributed by atoms with Crippen molar-refractivity contribution in [3.8, 4) is 0 Å². The number of nitrogen functional groups attached to an aromatic ring is 1. The Bertz CT molecular complexity index is 533. The summed E-state index contributed by atoms with van der Waals surface area (Å²) in [6.45, 7) is 7.23. The molecule has 0 aliphatic carbocycles. The van der Waals surface area contributed by atoms with Gasteiger partial charge in [0, 0.05) is 13.1 Å². The van der Waals surface area contributed by atoms with Gasteiger partial charge >= 0.3 is 5.69 Å². The van der Waals surface area contributed by atoms with Crippen molar-refractivity contribution in [2.45, 2.75) is 19.9 Å². The fourth-order valence-electron chi connectivity index (χ4n) is 1.59. The van der Waals surface area contributed by atoms with Gasteiger partial charge in [-0.05, 0) is 13.3 Å². The largest absolute Gasteiger partial charge is 0.383 e. The van der Waals surface area contributed by atoms with Gasteiger partial charge in [-0.3, -0.25) is 14.3 Å². The van der Waals surface area contributed by atoms with Crippen molar-refractivity contribution in [1.82, 2.24) is 9.55 Å². The van der Waals surface area contributed by atoms with Gasteiger partial charge in [0.2, 0.25) is 0 Å². The number of nitrogens with one attached hydrogen (secondary N) is 2. The Hall–Kier alpha value is -2.02. The van der Waals surface area contributed by atoms with E-state index in [0.29, 0.717) is 26.3 Å². The lowest BCUT2D eigenvalue weighted by molar-refractivity contribution is 0.149. The molecule has 0 unspecified atom stereocenters. The maximum atomic E-state index is 11.6. The van der Waals surface area contributed by atoms with Gasteiger partial charge in [0.15, 0.2) is 0 Å². The van der Waals surface area contributed by atoms with Gasteiger partial charge in [0.1, 0.15) is 11.5 Å². The normalized spacial score (nSPS) is 10.4. The molecule has 0 aliphatic heterocycles. The first-order valence-corrected chi connectivity index (χ1v) is 6.16. The van der Waals surface area contributed by atoms with Crippen molar-refractivity contribution in [1.29, 1.82) is 0 Å². The fraction of sp³-hybridized carbons (Fsp3) is 0.500. The number of aromatic nitrogens is 2. The van der Waals surface area contributed by atoms with Crippen LogP contribution in [-0.4, -0.2) is 29.3 Å². The summed E-state index contributed by atoms with van der Waals surface area (Å²) in [5.41, 5.74) is 4.97. The summed E-state index contributed by atoms with van der Waals surface area (Å²) in [6, 6.07) is 0. The van der Waals surface area contributed by atoms with Crippen LogP contribution in [0.1, 0.15) is 13.3 Å². The number of anilines is 2. The van der Waals surface area contributed by atoms with E-state index in [4.69, 9.17) is 10.5 Å². The lowest BCUT2D eigenvalue weighted by Gasteiger charge is -2.12. The van der Waals surface area contributed by atoms with E-state index in [1.54, 1.807) is 13.0 Å². The highest BCUT2D eigenvalue weighted by Gasteiger charge is 2.10. The van der Waals surface area contributed by atoms with Crippen molar-refractivity contribution < 1.29 is 4.74 Å². The van der Waals surface area contributed by atoms with E-state index in [2.05, 4.69) is 16.9 Å². The zero-order chi connectivity index (χ0) is 14.3. The number of nitrogens with zero attached hydrogens (tertiary/aromatic N) is 1. The third-order valence-electron chi connectivity index (χ3n) is 2.57. The molecule has 0 aromatic carbocycles. The summed E-state index contributed by atoms with van der Waals surface area (Å²) in [6.07, 6.45) is 2.55. The van der Waals surface area contributed by atoms with Crippen molar-refractivity contribution in [3.63, 3.8) is 0 Å². The molecule has 0 saturated heterocycles. The number of hydrogen-bond donors (Lipinski definition) is 3. The maximum Gasteiger partial charge on any atom is 0.330 e. The van der Waals surface area contributed by atoms with Crippen molar-refractivity contribution in [2.24, 2.45) is 0 Å². The lowest BCUT2D eigenvalue weighted by Crippen LogP contribution is -2.34. The van der Waals surface area contributed by atoms with E-state index in [0.717, 1.165) is 6.42 Å². The average Bonchev–Trinajstić information content (AvgIpc) is 2.37. The first kappa shape index (κ1) is 15.0. The molecule has 0 atom stereocenters. The Balaban J connectivity index is 2.66. The molecule has 4 N–H and O–H groups in total. The van der Waals surface area contributed by atoms with Crippen LogP contribution in [0.25, 0.3) is 0 Å². The van der Waals surface area contributed by atoms with Crippen molar-refractivity contribution in [3.05, 3.63) is 33.5 Å². The van der Waals surface area contributed by atoms with Gasteiger partial charge < -0.3 is 15.8 Å². The Labute approximate surface area is 111 Å². The van der Waals surface area contributed by atoms with Crippen molar-refractivity contribution in [2.75, 3.05) is 30.8 Å². The van der Waals surface area contributed by atoms with Gasteiger partial charge in [-0.1, -0.05) is 6.08 Å². The molecule has 0 bridgehead atoms. The fourth-order valence-corrected chi connectivity index (χ4v) is 1.59. The van der Waals surface area contributed by atoms with E-state index in [1.165, 1.54) is 4.57 Å². The molecule has 0 spiro atoms. The summed E-state index contributed by atoms with van der Waals surface area (Å²) in [7, 11) is 0. The highest BCUT2D eigenvalue weighted by Crippen LogP contribution is 2.08. The van der Waals surface area contributed by atoms with Crippen LogP contribution in [0.15, 0.2) is 22.2 Å². The van der Waals surface area contributed by atoms with Crippen LogP contribution in [0, 0.1) is 0 Å². The van der Waals surface area contributed by atoms with E-state index < -0.39 is 11.2 Å². The summed E-state index contributed by atoms with van der Waals surface area (Å²) in [5.74, 6) is 0.141. The molecule has 1 heterocycles. The summed E-state index contributed by atoms with van der Waals surface area (Å²) >= 11 is 0. The minimum atomic E-state index is -0.515. The molecular weight excluding hydrogens is 248 g/mol. The van der Waals surface area contributed by atoms with Crippen LogP contribution in [0.2, 0.25) is 0 Å². The second kappa shape index (κ2) is 7.42. The molecule has 0 radical (unpaired) electrons. The summed E-state index contributed by atoms with van der Waals surface area (Å²) in [4.78, 5) is 25.3. The van der Waals surface area contributed by atoms with Crippen LogP contribution in [0.3, 0.4) is 0 Å². The molecule has 7 heteroatoms. The monoisotopic (exact) mass is 268 g/mol. The molecule has 19 heavy (non-hydrogen) atoms. The van der Waals surface area contributed by atoms with Crippen molar-refractivity contribution >= 4 is 11.5 Å². The molecule has 0 amide bonds. The summed E-state index contributed by atoms with van der Waals surface area (Å²) in [5, 5.41) is 2.88. The average molecular weight is 268 g/mol. The third kappa shape index (κ3) is 3.99. The molecule has 0 fully saturated rings. The molecule has 0 saturated carbocycles. The Morgan fingerprint density at radius 1 is 1.47 bits per heavy atom. The molecule has 7 nitrogen and oxygen atoms in total. The molecule has 1 aromatic rings.